The number of allylic oxidation sites excluding steroid dienone is 1. The predicted molar refractivity (Wildman–Crippen MR) is 156 cm³/mol. The molecule has 0 unspecified atom stereocenters. The van der Waals surface area contributed by atoms with E-state index in [1.807, 2.05) is 13.0 Å². The first kappa shape index (κ1) is 28.9. The van der Waals surface area contributed by atoms with Crippen LogP contribution < -0.4 is 29.3 Å². The number of phenols is 1. The molecule has 0 saturated carbocycles. The number of benzene rings is 2. The minimum Gasteiger partial charge on any atom is -0.507 e. The predicted octanol–water partition coefficient (Wildman–Crippen LogP) is 3.76. The van der Waals surface area contributed by atoms with Crippen molar-refractivity contribution in [3.05, 3.63) is 78.5 Å². The minimum atomic E-state index is -0.791. The molecule has 212 valence electrons. The molecule has 4 rings (SSSR count). The SMILES string of the molecule is CCOC(=O)C1=C(C)N=c2sc(=Cc3ccc(N(CC)CC)cc3O)c(=O)n2[C@@H]1c1ccc(OC)c(OCC)c1. The van der Waals surface area contributed by atoms with E-state index in [1.54, 1.807) is 57.4 Å². The van der Waals surface area contributed by atoms with Gasteiger partial charge >= 0.3 is 5.97 Å². The average molecular weight is 566 g/mol. The Labute approximate surface area is 237 Å². The van der Waals surface area contributed by atoms with Crippen LogP contribution in [-0.4, -0.2) is 49.1 Å². The number of nitrogens with zero attached hydrogens (tertiary/aromatic N) is 3. The number of phenolic OH excluding ortho intramolecular Hbond substituents is 1. The van der Waals surface area contributed by atoms with Gasteiger partial charge in [0.15, 0.2) is 16.3 Å². The lowest BCUT2D eigenvalue weighted by Gasteiger charge is -2.25. The highest BCUT2D eigenvalue weighted by molar-refractivity contribution is 7.07. The van der Waals surface area contributed by atoms with Crippen molar-refractivity contribution in [2.75, 3.05) is 38.3 Å². The third-order valence-corrected chi connectivity index (χ3v) is 7.73. The van der Waals surface area contributed by atoms with E-state index in [1.165, 1.54) is 15.9 Å². The van der Waals surface area contributed by atoms with Gasteiger partial charge in [-0.3, -0.25) is 9.36 Å². The van der Waals surface area contributed by atoms with Crippen molar-refractivity contribution < 1.29 is 24.1 Å². The number of esters is 1. The lowest BCUT2D eigenvalue weighted by Crippen LogP contribution is -2.40. The number of ether oxygens (including phenoxy) is 3. The van der Waals surface area contributed by atoms with Crippen molar-refractivity contribution in [1.29, 1.82) is 0 Å². The molecule has 1 atom stereocenters. The van der Waals surface area contributed by atoms with Gasteiger partial charge in [-0.25, -0.2) is 9.79 Å². The molecular formula is C30H35N3O6S. The standard InChI is InChI=1S/C30H35N3O6S/c1-7-32(8-2)21-13-11-19(22(34)17-21)16-25-28(35)33-27(20-12-14-23(37-6)24(15-20)38-9-3)26(29(36)39-10-4)18(5)31-30(33)40-25/h11-17,27,34H,7-10H2,1-6H3/t27-/m1/s1. The molecule has 1 N–H and O–H groups in total. The van der Waals surface area contributed by atoms with Gasteiger partial charge in [0.05, 0.1) is 42.2 Å². The summed E-state index contributed by atoms with van der Waals surface area (Å²) in [7, 11) is 1.55. The molecule has 2 heterocycles. The van der Waals surface area contributed by atoms with Crippen molar-refractivity contribution in [3.63, 3.8) is 0 Å². The molecule has 0 amide bonds. The van der Waals surface area contributed by atoms with Gasteiger partial charge in [0.1, 0.15) is 5.75 Å². The Balaban J connectivity index is 1.91. The number of rotatable bonds is 10. The van der Waals surface area contributed by atoms with Crippen LogP contribution in [0.5, 0.6) is 17.2 Å². The first-order chi connectivity index (χ1) is 19.3. The number of carbonyl (C=O) groups is 1. The molecule has 3 aromatic rings. The Morgan fingerprint density at radius 3 is 2.48 bits per heavy atom. The van der Waals surface area contributed by atoms with Crippen molar-refractivity contribution in [2.45, 2.75) is 40.7 Å². The number of aromatic nitrogens is 1. The fourth-order valence-corrected chi connectivity index (χ4v) is 5.86. The number of hydrogen-bond donors (Lipinski definition) is 1. The molecule has 0 spiro atoms. The lowest BCUT2D eigenvalue weighted by molar-refractivity contribution is -0.139. The monoisotopic (exact) mass is 565 g/mol. The Kier molecular flexibility index (Phi) is 8.99. The Bertz CT molecular complexity index is 1620. The van der Waals surface area contributed by atoms with Crippen molar-refractivity contribution >= 4 is 29.1 Å². The molecule has 0 bridgehead atoms. The first-order valence-electron chi connectivity index (χ1n) is 13.4. The van der Waals surface area contributed by atoms with Crippen LogP contribution in [0.2, 0.25) is 0 Å². The van der Waals surface area contributed by atoms with Gasteiger partial charge in [-0.15, -0.1) is 0 Å². The Morgan fingerprint density at radius 2 is 1.85 bits per heavy atom. The minimum absolute atomic E-state index is 0.0756. The summed E-state index contributed by atoms with van der Waals surface area (Å²) < 4.78 is 18.5. The number of fused-ring (bicyclic) bond motifs is 1. The maximum absolute atomic E-state index is 13.9. The highest BCUT2D eigenvalue weighted by Gasteiger charge is 2.34. The Hall–Kier alpha value is -4.05. The van der Waals surface area contributed by atoms with Crippen LogP contribution in [0.1, 0.15) is 51.8 Å². The van der Waals surface area contributed by atoms with Gasteiger partial charge in [0.2, 0.25) is 0 Å². The molecule has 1 aliphatic heterocycles. The molecule has 0 radical (unpaired) electrons. The number of aromatic hydroxyl groups is 1. The quantitative estimate of drug-likeness (QED) is 0.374. The molecule has 1 aromatic heterocycles. The van der Waals surface area contributed by atoms with Gasteiger partial charge in [0, 0.05) is 30.4 Å². The molecule has 0 saturated heterocycles. The molecule has 9 nitrogen and oxygen atoms in total. The third kappa shape index (κ3) is 5.49. The average Bonchev–Trinajstić information content (AvgIpc) is 3.24. The molecule has 1 aliphatic rings. The topological polar surface area (TPSA) is 103 Å². The normalized spacial score (nSPS) is 14.9. The van der Waals surface area contributed by atoms with Crippen molar-refractivity contribution in [2.24, 2.45) is 4.99 Å². The second-order valence-electron chi connectivity index (χ2n) is 9.06. The Morgan fingerprint density at radius 1 is 1.10 bits per heavy atom. The van der Waals surface area contributed by atoms with Crippen LogP contribution in [0, 0.1) is 0 Å². The number of anilines is 1. The van der Waals surface area contributed by atoms with E-state index in [0.29, 0.717) is 44.3 Å². The summed E-state index contributed by atoms with van der Waals surface area (Å²) in [6.45, 7) is 11.7. The first-order valence-corrected chi connectivity index (χ1v) is 14.2. The van der Waals surface area contributed by atoms with E-state index in [2.05, 4.69) is 23.7 Å². The van der Waals surface area contributed by atoms with E-state index < -0.39 is 12.0 Å². The second kappa shape index (κ2) is 12.4. The fourth-order valence-electron chi connectivity index (χ4n) is 4.82. The summed E-state index contributed by atoms with van der Waals surface area (Å²) in [4.78, 5) is 34.3. The van der Waals surface area contributed by atoms with Gasteiger partial charge in [-0.05, 0) is 70.5 Å². The fraction of sp³-hybridized carbons (Fsp3) is 0.367. The highest BCUT2D eigenvalue weighted by Crippen LogP contribution is 2.36. The zero-order valence-electron chi connectivity index (χ0n) is 23.7. The van der Waals surface area contributed by atoms with Crippen LogP contribution in [0.3, 0.4) is 0 Å². The lowest BCUT2D eigenvalue weighted by atomic mass is 9.95. The van der Waals surface area contributed by atoms with Crippen LogP contribution >= 0.6 is 11.3 Å². The number of methoxy groups -OCH3 is 1. The molecule has 0 aliphatic carbocycles. The molecule has 2 aromatic carbocycles. The summed E-state index contributed by atoms with van der Waals surface area (Å²) in [6, 6.07) is 9.97. The van der Waals surface area contributed by atoms with Crippen LogP contribution in [-0.2, 0) is 9.53 Å². The maximum atomic E-state index is 13.9. The summed E-state index contributed by atoms with van der Waals surface area (Å²) in [6.07, 6.45) is 1.66. The zero-order chi connectivity index (χ0) is 29.0. The van der Waals surface area contributed by atoms with E-state index in [4.69, 9.17) is 14.2 Å². The summed E-state index contributed by atoms with van der Waals surface area (Å²) in [5.41, 5.74) is 2.49. The number of carbonyl (C=O) groups excluding carboxylic acids is 1. The molecular weight excluding hydrogens is 530 g/mol. The van der Waals surface area contributed by atoms with Gasteiger partial charge in [0.25, 0.3) is 5.56 Å². The van der Waals surface area contributed by atoms with E-state index in [-0.39, 0.29) is 23.5 Å². The van der Waals surface area contributed by atoms with E-state index in [0.717, 1.165) is 18.8 Å². The largest absolute Gasteiger partial charge is 0.507 e. The van der Waals surface area contributed by atoms with Crippen LogP contribution in [0.15, 0.2) is 57.5 Å². The smallest absolute Gasteiger partial charge is 0.338 e. The maximum Gasteiger partial charge on any atom is 0.338 e. The summed E-state index contributed by atoms with van der Waals surface area (Å²) >= 11 is 1.20. The number of hydrogen-bond acceptors (Lipinski definition) is 9. The van der Waals surface area contributed by atoms with Crippen molar-refractivity contribution in [3.8, 4) is 17.2 Å². The van der Waals surface area contributed by atoms with E-state index >= 15 is 0 Å². The molecule has 10 heteroatoms. The third-order valence-electron chi connectivity index (χ3n) is 6.75. The van der Waals surface area contributed by atoms with Gasteiger partial charge in [-0.1, -0.05) is 17.4 Å². The van der Waals surface area contributed by atoms with Gasteiger partial charge < -0.3 is 24.2 Å². The molecule has 0 fully saturated rings. The highest BCUT2D eigenvalue weighted by atomic mass is 32.1. The second-order valence-corrected chi connectivity index (χ2v) is 10.1. The van der Waals surface area contributed by atoms with Crippen LogP contribution in [0.4, 0.5) is 5.69 Å². The van der Waals surface area contributed by atoms with Crippen molar-refractivity contribution in [1.82, 2.24) is 4.57 Å². The summed E-state index contributed by atoms with van der Waals surface area (Å²) in [5.74, 6) is 0.578. The van der Waals surface area contributed by atoms with Crippen LogP contribution in [0.25, 0.3) is 6.08 Å². The van der Waals surface area contributed by atoms with E-state index in [9.17, 15) is 14.7 Å². The molecule has 40 heavy (non-hydrogen) atoms. The number of thiazole rings is 1. The zero-order valence-corrected chi connectivity index (χ0v) is 24.5. The van der Waals surface area contributed by atoms with Gasteiger partial charge in [-0.2, -0.15) is 0 Å². The summed E-state index contributed by atoms with van der Waals surface area (Å²) in [5, 5.41) is 10.8.